The van der Waals surface area contributed by atoms with Gasteiger partial charge in [-0.3, -0.25) is 4.79 Å². The van der Waals surface area contributed by atoms with Crippen molar-refractivity contribution in [2.24, 2.45) is 17.8 Å². The third-order valence-electron chi connectivity index (χ3n) is 4.54. The molecule has 3 atom stereocenters. The molecular weight excluding hydrogens is 234 g/mol. The number of carbonyl (C=O) groups is 1. The molecule has 1 saturated heterocycles. The molecule has 0 radical (unpaired) electrons. The van der Waals surface area contributed by atoms with Crippen LogP contribution in [0.15, 0.2) is 23.8 Å². The summed E-state index contributed by atoms with van der Waals surface area (Å²) in [5.41, 5.74) is 2.29. The van der Waals surface area contributed by atoms with Gasteiger partial charge in [-0.15, -0.1) is 0 Å². The first-order chi connectivity index (χ1) is 8.97. The minimum atomic E-state index is 0.290. The van der Waals surface area contributed by atoms with E-state index in [0.717, 1.165) is 37.9 Å². The molecule has 0 aromatic heterocycles. The van der Waals surface area contributed by atoms with Gasteiger partial charge in [-0.2, -0.15) is 0 Å². The van der Waals surface area contributed by atoms with Gasteiger partial charge in [0.25, 0.3) is 0 Å². The summed E-state index contributed by atoms with van der Waals surface area (Å²) in [7, 11) is 0. The Morgan fingerprint density at radius 2 is 1.95 bits per heavy atom. The van der Waals surface area contributed by atoms with Gasteiger partial charge < -0.3 is 4.90 Å². The lowest BCUT2D eigenvalue weighted by atomic mass is 9.84. The van der Waals surface area contributed by atoms with Crippen molar-refractivity contribution in [1.82, 2.24) is 4.90 Å². The van der Waals surface area contributed by atoms with E-state index in [1.165, 1.54) is 12.0 Å². The Hall–Kier alpha value is -1.05. The molecule has 106 valence electrons. The number of piperidine rings is 1. The van der Waals surface area contributed by atoms with Crippen LogP contribution in [0.4, 0.5) is 0 Å². The van der Waals surface area contributed by atoms with Crippen molar-refractivity contribution < 1.29 is 4.79 Å². The van der Waals surface area contributed by atoms with Gasteiger partial charge in [0.15, 0.2) is 0 Å². The molecule has 19 heavy (non-hydrogen) atoms. The number of amides is 1. The van der Waals surface area contributed by atoms with Crippen molar-refractivity contribution in [3.05, 3.63) is 23.8 Å². The summed E-state index contributed by atoms with van der Waals surface area (Å²) >= 11 is 0. The largest absolute Gasteiger partial charge is 0.338 e. The lowest BCUT2D eigenvalue weighted by Crippen LogP contribution is -2.43. The Bertz CT molecular complexity index is 386. The van der Waals surface area contributed by atoms with Crippen LogP contribution in [0.3, 0.4) is 0 Å². The predicted molar refractivity (Wildman–Crippen MR) is 79.8 cm³/mol. The highest BCUT2D eigenvalue weighted by molar-refractivity contribution is 5.93. The van der Waals surface area contributed by atoms with Crippen LogP contribution < -0.4 is 0 Å². The summed E-state index contributed by atoms with van der Waals surface area (Å²) in [4.78, 5) is 14.6. The van der Waals surface area contributed by atoms with Crippen LogP contribution in [-0.4, -0.2) is 23.9 Å². The molecule has 2 aliphatic rings. The van der Waals surface area contributed by atoms with E-state index < -0.39 is 0 Å². The maximum absolute atomic E-state index is 12.6. The SMILES string of the molecule is C=C(C)[C@@H]1CC=C(C(=O)N2CC(C)CC(C)C2)CC1. The van der Waals surface area contributed by atoms with Crippen LogP contribution in [-0.2, 0) is 4.79 Å². The van der Waals surface area contributed by atoms with E-state index >= 15 is 0 Å². The summed E-state index contributed by atoms with van der Waals surface area (Å²) in [6.45, 7) is 12.5. The van der Waals surface area contributed by atoms with E-state index in [9.17, 15) is 4.79 Å². The monoisotopic (exact) mass is 261 g/mol. The summed E-state index contributed by atoms with van der Waals surface area (Å²) in [5, 5.41) is 0. The first kappa shape index (κ1) is 14.4. The molecule has 0 saturated carbocycles. The molecule has 1 heterocycles. The second kappa shape index (κ2) is 5.94. The van der Waals surface area contributed by atoms with Gasteiger partial charge in [0.05, 0.1) is 0 Å². The van der Waals surface area contributed by atoms with Crippen LogP contribution >= 0.6 is 0 Å². The lowest BCUT2D eigenvalue weighted by Gasteiger charge is -2.36. The third-order valence-corrected chi connectivity index (χ3v) is 4.54. The molecule has 0 bridgehead atoms. The second-order valence-electron chi connectivity index (χ2n) is 6.70. The van der Waals surface area contributed by atoms with Crippen LogP contribution in [0.1, 0.15) is 46.5 Å². The van der Waals surface area contributed by atoms with E-state index in [2.05, 4.69) is 38.3 Å². The second-order valence-corrected chi connectivity index (χ2v) is 6.70. The molecule has 2 rings (SSSR count). The van der Waals surface area contributed by atoms with E-state index in [-0.39, 0.29) is 0 Å². The highest BCUT2D eigenvalue weighted by Crippen LogP contribution is 2.30. The average Bonchev–Trinajstić information content (AvgIpc) is 2.37. The molecule has 1 aliphatic carbocycles. The molecule has 1 aliphatic heterocycles. The minimum Gasteiger partial charge on any atom is -0.338 e. The number of hydrogen-bond donors (Lipinski definition) is 0. The fraction of sp³-hybridized carbons (Fsp3) is 0.706. The van der Waals surface area contributed by atoms with Gasteiger partial charge in [-0.05, 0) is 50.4 Å². The molecular formula is C17H27NO. The Morgan fingerprint density at radius 3 is 2.42 bits per heavy atom. The zero-order valence-electron chi connectivity index (χ0n) is 12.6. The number of hydrogen-bond acceptors (Lipinski definition) is 1. The highest BCUT2D eigenvalue weighted by Gasteiger charge is 2.28. The van der Waals surface area contributed by atoms with Crippen LogP contribution in [0.5, 0.6) is 0 Å². The van der Waals surface area contributed by atoms with E-state index in [1.807, 2.05) is 0 Å². The van der Waals surface area contributed by atoms with Gasteiger partial charge in [0, 0.05) is 18.7 Å². The topological polar surface area (TPSA) is 20.3 Å². The summed E-state index contributed by atoms with van der Waals surface area (Å²) < 4.78 is 0. The highest BCUT2D eigenvalue weighted by atomic mass is 16.2. The minimum absolute atomic E-state index is 0.290. The quantitative estimate of drug-likeness (QED) is 0.692. The Morgan fingerprint density at radius 1 is 1.32 bits per heavy atom. The smallest absolute Gasteiger partial charge is 0.249 e. The number of likely N-dealkylation sites (tertiary alicyclic amines) is 1. The molecule has 1 amide bonds. The van der Waals surface area contributed by atoms with Gasteiger partial charge in [-0.1, -0.05) is 32.1 Å². The standard InChI is InChI=1S/C17H27NO/c1-12(2)15-5-7-16(8-6-15)17(19)18-10-13(3)9-14(4)11-18/h7,13-15H,1,5-6,8-11H2,2-4H3/t13?,14?,15-/m1/s1. The predicted octanol–water partition coefficient (Wildman–Crippen LogP) is 3.79. The molecule has 2 nitrogen and oxygen atoms in total. The molecule has 0 N–H and O–H groups in total. The zero-order valence-corrected chi connectivity index (χ0v) is 12.6. The molecule has 0 spiro atoms. The maximum Gasteiger partial charge on any atom is 0.249 e. The van der Waals surface area contributed by atoms with E-state index in [0.29, 0.717) is 23.7 Å². The van der Waals surface area contributed by atoms with Crippen molar-refractivity contribution in [2.75, 3.05) is 13.1 Å². The maximum atomic E-state index is 12.6. The van der Waals surface area contributed by atoms with E-state index in [1.54, 1.807) is 0 Å². The van der Waals surface area contributed by atoms with Gasteiger partial charge >= 0.3 is 0 Å². The first-order valence-electron chi connectivity index (χ1n) is 7.61. The summed E-state index contributed by atoms with van der Waals surface area (Å²) in [5.74, 6) is 2.15. The van der Waals surface area contributed by atoms with Gasteiger partial charge in [0.2, 0.25) is 5.91 Å². The zero-order chi connectivity index (χ0) is 14.0. The van der Waals surface area contributed by atoms with Crippen molar-refractivity contribution >= 4 is 5.91 Å². The van der Waals surface area contributed by atoms with Crippen molar-refractivity contribution in [2.45, 2.75) is 46.5 Å². The summed E-state index contributed by atoms with van der Waals surface area (Å²) in [6.07, 6.45) is 6.42. The molecule has 2 unspecified atom stereocenters. The number of allylic oxidation sites excluding steroid dienone is 2. The van der Waals surface area contributed by atoms with E-state index in [4.69, 9.17) is 0 Å². The number of carbonyl (C=O) groups excluding carboxylic acids is 1. The Balaban J connectivity index is 1.98. The van der Waals surface area contributed by atoms with Crippen molar-refractivity contribution in [3.63, 3.8) is 0 Å². The third kappa shape index (κ3) is 3.49. The fourth-order valence-electron chi connectivity index (χ4n) is 3.51. The number of nitrogens with zero attached hydrogens (tertiary/aromatic N) is 1. The first-order valence-corrected chi connectivity index (χ1v) is 7.61. The van der Waals surface area contributed by atoms with Crippen molar-refractivity contribution in [1.29, 1.82) is 0 Å². The number of rotatable bonds is 2. The van der Waals surface area contributed by atoms with Crippen molar-refractivity contribution in [3.8, 4) is 0 Å². The van der Waals surface area contributed by atoms with Gasteiger partial charge in [-0.25, -0.2) is 0 Å². The Kier molecular flexibility index (Phi) is 4.49. The average molecular weight is 261 g/mol. The van der Waals surface area contributed by atoms with Gasteiger partial charge in [0.1, 0.15) is 0 Å². The Labute approximate surface area is 117 Å². The molecule has 2 heteroatoms. The normalized spacial score (nSPS) is 31.8. The summed E-state index contributed by atoms with van der Waals surface area (Å²) in [6, 6.07) is 0. The van der Waals surface area contributed by atoms with Crippen LogP contribution in [0, 0.1) is 17.8 Å². The fourth-order valence-corrected chi connectivity index (χ4v) is 3.51. The molecule has 0 aromatic rings. The lowest BCUT2D eigenvalue weighted by molar-refractivity contribution is -0.130. The molecule has 1 fully saturated rings. The van der Waals surface area contributed by atoms with Crippen LogP contribution in [0.2, 0.25) is 0 Å². The van der Waals surface area contributed by atoms with Crippen LogP contribution in [0.25, 0.3) is 0 Å². The molecule has 0 aromatic carbocycles.